The van der Waals surface area contributed by atoms with Gasteiger partial charge in [-0.2, -0.15) is 0 Å². The van der Waals surface area contributed by atoms with Crippen LogP contribution in [0.3, 0.4) is 0 Å². The molecule has 0 unspecified atom stereocenters. The minimum absolute atomic E-state index is 0.280. The van der Waals surface area contributed by atoms with E-state index in [0.717, 1.165) is 22.8 Å². The average molecular weight is 462 g/mol. The molecule has 6 nitrogen and oxygen atoms in total. The Kier molecular flexibility index (Phi) is 7.25. The number of methoxy groups -OCH3 is 1. The van der Waals surface area contributed by atoms with E-state index in [-0.39, 0.29) is 24.0 Å². The maximum Gasteiger partial charge on any atom is 0.344 e. The number of esters is 1. The summed E-state index contributed by atoms with van der Waals surface area (Å²) in [6, 6.07) is 14.0. The highest BCUT2D eigenvalue weighted by Crippen LogP contribution is 2.27. The molecule has 1 aromatic heterocycles. The standard InChI is InChI=1S/C23H21Cl2NO5/c1-14-10-19(15(2)26(14)17-5-7-18(29-3)8-6-17)21(27)12-31-23(28)13-30-22-9-4-16(24)11-20(22)25/h4-11H,12-13H2,1-3H3. The van der Waals surface area contributed by atoms with Crippen molar-refractivity contribution in [3.05, 3.63) is 75.5 Å². The van der Waals surface area contributed by atoms with Gasteiger partial charge in [0.2, 0.25) is 5.78 Å². The van der Waals surface area contributed by atoms with Gasteiger partial charge in [0.25, 0.3) is 0 Å². The number of hydrogen-bond acceptors (Lipinski definition) is 5. The number of nitrogens with zero attached hydrogens (tertiary/aromatic N) is 1. The SMILES string of the molecule is COc1ccc(-n2c(C)cc(C(=O)COC(=O)COc3ccc(Cl)cc3Cl)c2C)cc1. The van der Waals surface area contributed by atoms with Gasteiger partial charge in [0.1, 0.15) is 11.5 Å². The fourth-order valence-corrected chi connectivity index (χ4v) is 3.63. The quantitative estimate of drug-likeness (QED) is 0.340. The van der Waals surface area contributed by atoms with Gasteiger partial charge < -0.3 is 18.8 Å². The Bertz CT molecular complexity index is 1110. The molecule has 0 radical (unpaired) electrons. The zero-order valence-electron chi connectivity index (χ0n) is 17.3. The van der Waals surface area contributed by atoms with Crippen molar-refractivity contribution < 1.29 is 23.8 Å². The number of ether oxygens (including phenoxy) is 3. The first-order valence-corrected chi connectivity index (χ1v) is 10.2. The van der Waals surface area contributed by atoms with E-state index >= 15 is 0 Å². The largest absolute Gasteiger partial charge is 0.497 e. The van der Waals surface area contributed by atoms with Crippen molar-refractivity contribution in [2.75, 3.05) is 20.3 Å². The summed E-state index contributed by atoms with van der Waals surface area (Å²) >= 11 is 11.8. The van der Waals surface area contributed by atoms with E-state index in [4.69, 9.17) is 37.4 Å². The molecule has 0 amide bonds. The molecule has 0 bridgehead atoms. The molecule has 0 N–H and O–H groups in total. The molecule has 31 heavy (non-hydrogen) atoms. The average Bonchev–Trinajstić information content (AvgIpc) is 3.05. The van der Waals surface area contributed by atoms with Gasteiger partial charge in [-0.15, -0.1) is 0 Å². The third kappa shape index (κ3) is 5.40. The van der Waals surface area contributed by atoms with Crippen molar-refractivity contribution in [3.8, 4) is 17.2 Å². The lowest BCUT2D eigenvalue weighted by atomic mass is 10.1. The lowest BCUT2D eigenvalue weighted by Crippen LogP contribution is -2.20. The summed E-state index contributed by atoms with van der Waals surface area (Å²) in [7, 11) is 1.61. The molecule has 0 saturated carbocycles. The lowest BCUT2D eigenvalue weighted by Gasteiger charge is -2.11. The molecular weight excluding hydrogens is 441 g/mol. The van der Waals surface area contributed by atoms with Crippen LogP contribution in [0, 0.1) is 13.8 Å². The van der Waals surface area contributed by atoms with E-state index in [0.29, 0.717) is 16.3 Å². The van der Waals surface area contributed by atoms with E-state index < -0.39 is 5.97 Å². The van der Waals surface area contributed by atoms with Crippen LogP contribution in [0.5, 0.6) is 11.5 Å². The number of aryl methyl sites for hydroxylation is 1. The van der Waals surface area contributed by atoms with E-state index in [9.17, 15) is 9.59 Å². The second-order valence-electron chi connectivity index (χ2n) is 6.77. The van der Waals surface area contributed by atoms with Crippen molar-refractivity contribution in [1.29, 1.82) is 0 Å². The minimum Gasteiger partial charge on any atom is -0.497 e. The van der Waals surface area contributed by atoms with Gasteiger partial charge in [-0.25, -0.2) is 4.79 Å². The molecular formula is C23H21Cl2NO5. The fourth-order valence-electron chi connectivity index (χ4n) is 3.17. The number of rotatable bonds is 8. The number of halogens is 2. The molecule has 162 valence electrons. The number of hydrogen-bond donors (Lipinski definition) is 0. The molecule has 0 fully saturated rings. The summed E-state index contributed by atoms with van der Waals surface area (Å²) in [5.74, 6) is 0.0722. The number of carbonyl (C=O) groups excluding carboxylic acids is 2. The van der Waals surface area contributed by atoms with Crippen LogP contribution < -0.4 is 9.47 Å². The molecule has 2 aromatic carbocycles. The van der Waals surface area contributed by atoms with Crippen LogP contribution >= 0.6 is 23.2 Å². The van der Waals surface area contributed by atoms with Gasteiger partial charge >= 0.3 is 5.97 Å². The Labute approximate surface area is 190 Å². The van der Waals surface area contributed by atoms with Gasteiger partial charge in [0.15, 0.2) is 13.2 Å². The maximum atomic E-state index is 12.6. The summed E-state index contributed by atoms with van der Waals surface area (Å²) in [6.07, 6.45) is 0. The van der Waals surface area contributed by atoms with E-state index in [1.165, 1.54) is 6.07 Å². The molecule has 3 rings (SSSR count). The molecule has 8 heteroatoms. The molecule has 1 heterocycles. The van der Waals surface area contributed by atoms with Gasteiger partial charge in [0.05, 0.1) is 12.1 Å². The van der Waals surface area contributed by atoms with E-state index in [2.05, 4.69) is 0 Å². The highest BCUT2D eigenvalue weighted by atomic mass is 35.5. The van der Waals surface area contributed by atoms with Crippen molar-refractivity contribution in [3.63, 3.8) is 0 Å². The summed E-state index contributed by atoms with van der Waals surface area (Å²) < 4.78 is 17.5. The number of carbonyl (C=O) groups is 2. The van der Waals surface area contributed by atoms with Gasteiger partial charge in [-0.05, 0) is 62.4 Å². The van der Waals surface area contributed by atoms with Crippen LogP contribution in [0.1, 0.15) is 21.7 Å². The lowest BCUT2D eigenvalue weighted by molar-refractivity contribution is -0.144. The smallest absolute Gasteiger partial charge is 0.344 e. The van der Waals surface area contributed by atoms with Crippen molar-refractivity contribution >= 4 is 35.0 Å². The highest BCUT2D eigenvalue weighted by molar-refractivity contribution is 6.35. The maximum absolute atomic E-state index is 12.6. The predicted octanol–water partition coefficient (Wildman–Crippen LogP) is 5.21. The Balaban J connectivity index is 1.62. The minimum atomic E-state index is -0.677. The Morgan fingerprint density at radius 1 is 0.968 bits per heavy atom. The van der Waals surface area contributed by atoms with E-state index in [1.807, 2.05) is 42.7 Å². The van der Waals surface area contributed by atoms with Crippen LogP contribution in [0.4, 0.5) is 0 Å². The van der Waals surface area contributed by atoms with Crippen LogP contribution in [-0.4, -0.2) is 36.6 Å². The summed E-state index contributed by atoms with van der Waals surface area (Å²) in [4.78, 5) is 24.6. The first-order chi connectivity index (χ1) is 14.8. The van der Waals surface area contributed by atoms with Crippen LogP contribution in [-0.2, 0) is 9.53 Å². The number of ketones is 1. The van der Waals surface area contributed by atoms with Gasteiger partial charge in [0, 0.05) is 27.7 Å². The molecule has 0 aliphatic heterocycles. The van der Waals surface area contributed by atoms with Crippen molar-refractivity contribution in [1.82, 2.24) is 4.57 Å². The predicted molar refractivity (Wildman–Crippen MR) is 119 cm³/mol. The molecule has 0 atom stereocenters. The summed E-state index contributed by atoms with van der Waals surface area (Å²) in [5.41, 5.74) is 3.04. The fraction of sp³-hybridized carbons (Fsp3) is 0.217. The number of Topliss-reactive ketones (excluding diaryl/α,β-unsaturated/α-hetero) is 1. The van der Waals surface area contributed by atoms with Crippen molar-refractivity contribution in [2.45, 2.75) is 13.8 Å². The Morgan fingerprint density at radius 3 is 2.32 bits per heavy atom. The second-order valence-corrected chi connectivity index (χ2v) is 7.61. The van der Waals surface area contributed by atoms with Gasteiger partial charge in [-0.1, -0.05) is 23.2 Å². The van der Waals surface area contributed by atoms with Crippen LogP contribution in [0.15, 0.2) is 48.5 Å². The third-order valence-electron chi connectivity index (χ3n) is 4.67. The molecule has 0 aliphatic carbocycles. The third-order valence-corrected chi connectivity index (χ3v) is 5.20. The van der Waals surface area contributed by atoms with Gasteiger partial charge in [-0.3, -0.25) is 4.79 Å². The van der Waals surface area contributed by atoms with E-state index in [1.54, 1.807) is 25.3 Å². The first-order valence-electron chi connectivity index (χ1n) is 9.40. The topological polar surface area (TPSA) is 66.8 Å². The molecule has 0 spiro atoms. The van der Waals surface area contributed by atoms with Crippen molar-refractivity contribution in [2.24, 2.45) is 0 Å². The number of aromatic nitrogens is 1. The van der Waals surface area contributed by atoms with Crippen LogP contribution in [0.25, 0.3) is 5.69 Å². The highest BCUT2D eigenvalue weighted by Gasteiger charge is 2.18. The Morgan fingerprint density at radius 2 is 1.68 bits per heavy atom. The first kappa shape index (κ1) is 22.7. The van der Waals surface area contributed by atoms with Crippen LogP contribution in [0.2, 0.25) is 10.0 Å². The Hall–Kier alpha value is -2.96. The summed E-state index contributed by atoms with van der Waals surface area (Å²) in [6.45, 7) is 2.99. The zero-order chi connectivity index (χ0) is 22.5. The molecule has 0 aliphatic rings. The monoisotopic (exact) mass is 461 g/mol. The number of benzene rings is 2. The zero-order valence-corrected chi connectivity index (χ0v) is 18.8. The second kappa shape index (κ2) is 9.90. The molecule has 0 saturated heterocycles. The summed E-state index contributed by atoms with van der Waals surface area (Å²) in [5, 5.41) is 0.736. The molecule has 3 aromatic rings. The normalized spacial score (nSPS) is 10.6.